The van der Waals surface area contributed by atoms with Crippen LogP contribution in [0.3, 0.4) is 0 Å². The molecule has 0 fully saturated rings. The van der Waals surface area contributed by atoms with Gasteiger partial charge in [-0.3, -0.25) is 0 Å². The third kappa shape index (κ3) is 4.16. The van der Waals surface area contributed by atoms with E-state index in [1.807, 2.05) is 23.1 Å². The van der Waals surface area contributed by atoms with E-state index in [-0.39, 0.29) is 0 Å². The molecular weight excluding hydrogens is 198 g/mol. The molecule has 0 radical (unpaired) electrons. The number of thioether (sulfide) groups is 1. The van der Waals surface area contributed by atoms with Gasteiger partial charge in [-0.05, 0) is 31.5 Å². The minimum absolute atomic E-state index is 0.345. The summed E-state index contributed by atoms with van der Waals surface area (Å²) < 4.78 is 0.345. The van der Waals surface area contributed by atoms with E-state index in [2.05, 4.69) is 42.9 Å². The smallest absolute Gasteiger partial charge is 0.0300 e. The van der Waals surface area contributed by atoms with Crippen molar-refractivity contribution in [3.63, 3.8) is 0 Å². The molecule has 1 rings (SSSR count). The summed E-state index contributed by atoms with van der Waals surface area (Å²) >= 11 is 3.72. The Balaban J connectivity index is 2.21. The molecule has 1 N–H and O–H groups in total. The van der Waals surface area contributed by atoms with Gasteiger partial charge in [0, 0.05) is 22.7 Å². The highest BCUT2D eigenvalue weighted by Gasteiger charge is 2.14. The Morgan fingerprint density at radius 1 is 1.54 bits per heavy atom. The largest absolute Gasteiger partial charge is 0.310 e. The highest BCUT2D eigenvalue weighted by molar-refractivity contribution is 7.99. The summed E-state index contributed by atoms with van der Waals surface area (Å²) in [6.07, 6.45) is 2.16. The fraction of sp³-hybridized carbons (Fsp3) is 0.600. The van der Waals surface area contributed by atoms with Crippen molar-refractivity contribution in [2.45, 2.75) is 25.1 Å². The van der Waals surface area contributed by atoms with Crippen LogP contribution in [-0.4, -0.2) is 17.5 Å². The zero-order valence-corrected chi connectivity index (χ0v) is 10.1. The average molecular weight is 215 g/mol. The normalized spacial score (nSPS) is 11.9. The monoisotopic (exact) mass is 215 g/mol. The van der Waals surface area contributed by atoms with Crippen LogP contribution in [0.15, 0.2) is 17.5 Å². The molecule has 1 aromatic heterocycles. The van der Waals surface area contributed by atoms with Crippen LogP contribution in [0.25, 0.3) is 0 Å². The lowest BCUT2D eigenvalue weighted by atomic mass is 10.2. The van der Waals surface area contributed by atoms with Crippen LogP contribution in [0.4, 0.5) is 0 Å². The maximum Gasteiger partial charge on any atom is 0.0300 e. The van der Waals surface area contributed by atoms with Crippen LogP contribution in [0.5, 0.6) is 0 Å². The summed E-state index contributed by atoms with van der Waals surface area (Å²) in [5, 5.41) is 5.59. The zero-order valence-electron chi connectivity index (χ0n) is 8.46. The number of hydrogen-bond acceptors (Lipinski definition) is 3. The Morgan fingerprint density at radius 3 is 2.85 bits per heavy atom. The standard InChI is InChI=1S/C10H17NS2/c1-10(2,12-3)8-11-7-9-5-4-6-13-9/h4-6,11H,7-8H2,1-3H3. The molecule has 0 aliphatic heterocycles. The SMILES string of the molecule is CSC(C)(C)CNCc1cccs1. The predicted octanol–water partition coefficient (Wildman–Crippen LogP) is 2.98. The van der Waals surface area contributed by atoms with Crippen LogP contribution in [0, 0.1) is 0 Å². The van der Waals surface area contributed by atoms with Gasteiger partial charge in [-0.15, -0.1) is 11.3 Å². The minimum atomic E-state index is 0.345. The highest BCUT2D eigenvalue weighted by atomic mass is 32.2. The molecule has 1 nitrogen and oxygen atoms in total. The van der Waals surface area contributed by atoms with Gasteiger partial charge in [0.25, 0.3) is 0 Å². The van der Waals surface area contributed by atoms with Crippen LogP contribution < -0.4 is 5.32 Å². The molecule has 0 bridgehead atoms. The molecule has 1 heterocycles. The van der Waals surface area contributed by atoms with E-state index in [1.165, 1.54) is 4.88 Å². The number of hydrogen-bond donors (Lipinski definition) is 1. The second kappa shape index (κ2) is 5.03. The summed E-state index contributed by atoms with van der Waals surface area (Å²) in [6.45, 7) is 6.59. The number of rotatable bonds is 5. The van der Waals surface area contributed by atoms with Gasteiger partial charge in [-0.1, -0.05) is 6.07 Å². The van der Waals surface area contributed by atoms with Gasteiger partial charge < -0.3 is 5.32 Å². The zero-order chi connectivity index (χ0) is 9.73. The topological polar surface area (TPSA) is 12.0 Å². The molecule has 0 aromatic carbocycles. The first-order valence-electron chi connectivity index (χ1n) is 4.42. The maximum absolute atomic E-state index is 3.47. The lowest BCUT2D eigenvalue weighted by Gasteiger charge is -2.22. The van der Waals surface area contributed by atoms with Crippen molar-refractivity contribution >= 4 is 23.1 Å². The van der Waals surface area contributed by atoms with Crippen molar-refractivity contribution in [2.24, 2.45) is 0 Å². The Hall–Kier alpha value is 0.01000. The van der Waals surface area contributed by atoms with Gasteiger partial charge in [-0.25, -0.2) is 0 Å². The molecule has 0 aliphatic rings. The molecular formula is C10H17NS2. The predicted molar refractivity (Wildman–Crippen MR) is 63.6 cm³/mol. The van der Waals surface area contributed by atoms with Gasteiger partial charge in [0.2, 0.25) is 0 Å². The van der Waals surface area contributed by atoms with E-state index >= 15 is 0 Å². The lowest BCUT2D eigenvalue weighted by Crippen LogP contribution is -2.31. The van der Waals surface area contributed by atoms with Crippen LogP contribution in [0.2, 0.25) is 0 Å². The Labute approximate surface area is 88.9 Å². The first-order valence-corrected chi connectivity index (χ1v) is 6.53. The number of thiophene rings is 1. The van der Waals surface area contributed by atoms with Crippen molar-refractivity contribution in [1.82, 2.24) is 5.32 Å². The van der Waals surface area contributed by atoms with Crippen molar-refractivity contribution in [1.29, 1.82) is 0 Å². The van der Waals surface area contributed by atoms with Gasteiger partial charge in [0.05, 0.1) is 0 Å². The van der Waals surface area contributed by atoms with E-state index in [9.17, 15) is 0 Å². The van der Waals surface area contributed by atoms with Crippen molar-refractivity contribution in [3.8, 4) is 0 Å². The first-order chi connectivity index (χ1) is 6.14. The molecule has 0 saturated carbocycles. The molecule has 0 unspecified atom stereocenters. The summed E-state index contributed by atoms with van der Waals surface area (Å²) in [5.74, 6) is 0. The summed E-state index contributed by atoms with van der Waals surface area (Å²) in [5.41, 5.74) is 0. The average Bonchev–Trinajstić information content (AvgIpc) is 2.57. The molecule has 0 spiro atoms. The molecule has 0 saturated heterocycles. The minimum Gasteiger partial charge on any atom is -0.310 e. The molecule has 74 valence electrons. The highest BCUT2D eigenvalue weighted by Crippen LogP contribution is 2.19. The molecule has 0 aliphatic carbocycles. The van der Waals surface area contributed by atoms with E-state index in [0.29, 0.717) is 4.75 Å². The van der Waals surface area contributed by atoms with Crippen molar-refractivity contribution in [3.05, 3.63) is 22.4 Å². The molecule has 3 heteroatoms. The van der Waals surface area contributed by atoms with E-state index < -0.39 is 0 Å². The van der Waals surface area contributed by atoms with Crippen LogP contribution in [-0.2, 0) is 6.54 Å². The van der Waals surface area contributed by atoms with E-state index in [0.717, 1.165) is 13.1 Å². The molecule has 1 aromatic rings. The number of nitrogens with one attached hydrogen (secondary N) is 1. The van der Waals surface area contributed by atoms with Gasteiger partial charge >= 0.3 is 0 Å². The van der Waals surface area contributed by atoms with Crippen LogP contribution in [0.1, 0.15) is 18.7 Å². The van der Waals surface area contributed by atoms with Gasteiger partial charge in [0.1, 0.15) is 0 Å². The molecule has 0 amide bonds. The second-order valence-corrected chi connectivity index (χ2v) is 6.19. The summed E-state index contributed by atoms with van der Waals surface area (Å²) in [7, 11) is 0. The summed E-state index contributed by atoms with van der Waals surface area (Å²) in [6, 6.07) is 4.27. The Morgan fingerprint density at radius 2 is 2.31 bits per heavy atom. The van der Waals surface area contributed by atoms with Crippen molar-refractivity contribution in [2.75, 3.05) is 12.8 Å². The van der Waals surface area contributed by atoms with Crippen molar-refractivity contribution < 1.29 is 0 Å². The summed E-state index contributed by atoms with van der Waals surface area (Å²) in [4.78, 5) is 1.41. The molecule has 0 atom stereocenters. The van der Waals surface area contributed by atoms with E-state index in [1.54, 1.807) is 0 Å². The fourth-order valence-electron chi connectivity index (χ4n) is 0.972. The third-order valence-electron chi connectivity index (χ3n) is 1.98. The second-order valence-electron chi connectivity index (χ2n) is 3.65. The first kappa shape index (κ1) is 11.1. The Bertz CT molecular complexity index is 229. The lowest BCUT2D eigenvalue weighted by molar-refractivity contribution is 0.594. The maximum atomic E-state index is 3.47. The fourth-order valence-corrected chi connectivity index (χ4v) is 1.89. The quantitative estimate of drug-likeness (QED) is 0.810. The van der Waals surface area contributed by atoms with E-state index in [4.69, 9.17) is 0 Å². The Kier molecular flexibility index (Phi) is 4.29. The third-order valence-corrected chi connectivity index (χ3v) is 4.11. The van der Waals surface area contributed by atoms with Crippen LogP contribution >= 0.6 is 23.1 Å². The van der Waals surface area contributed by atoms with Gasteiger partial charge in [0.15, 0.2) is 0 Å². The molecule has 13 heavy (non-hydrogen) atoms. The van der Waals surface area contributed by atoms with Gasteiger partial charge in [-0.2, -0.15) is 11.8 Å².